The number of hydrogen-bond donors (Lipinski definition) is 1. The van der Waals surface area contributed by atoms with Crippen LogP contribution in [0.2, 0.25) is 0 Å². The van der Waals surface area contributed by atoms with Crippen LogP contribution in [0.25, 0.3) is 22.0 Å². The molecule has 0 unspecified atom stereocenters. The highest BCUT2D eigenvalue weighted by atomic mass is 14.7. The Hall–Kier alpha value is -2.35. The minimum absolute atomic E-state index is 0.722. The number of nitrogens with two attached hydrogens (primary N) is 1. The molecule has 0 fully saturated rings. The standard InChI is InChI=1S/C15H12N2/c16-14-9-8-12(11-5-2-1-3-6-11)13-7-4-10-17-15(13)14/h1-10H,16H2. The summed E-state index contributed by atoms with van der Waals surface area (Å²) < 4.78 is 0. The lowest BCUT2D eigenvalue weighted by atomic mass is 10.00. The van der Waals surface area contributed by atoms with E-state index in [1.165, 1.54) is 11.1 Å². The van der Waals surface area contributed by atoms with Gasteiger partial charge in [0.25, 0.3) is 0 Å². The molecule has 2 heteroatoms. The molecule has 2 N–H and O–H groups in total. The van der Waals surface area contributed by atoms with Crippen LogP contribution >= 0.6 is 0 Å². The quantitative estimate of drug-likeness (QED) is 0.637. The topological polar surface area (TPSA) is 38.9 Å². The number of pyridine rings is 1. The second kappa shape index (κ2) is 3.91. The molecule has 0 aliphatic heterocycles. The first-order valence-electron chi connectivity index (χ1n) is 5.55. The number of hydrogen-bond acceptors (Lipinski definition) is 2. The van der Waals surface area contributed by atoms with Crippen LogP contribution in [0.4, 0.5) is 5.69 Å². The van der Waals surface area contributed by atoms with Gasteiger partial charge in [-0.25, -0.2) is 0 Å². The molecule has 0 amide bonds. The zero-order valence-electron chi connectivity index (χ0n) is 9.30. The molecule has 0 aliphatic rings. The van der Waals surface area contributed by atoms with Crippen LogP contribution in [0.5, 0.6) is 0 Å². The first-order valence-corrected chi connectivity index (χ1v) is 5.55. The predicted molar refractivity (Wildman–Crippen MR) is 71.6 cm³/mol. The molecule has 3 rings (SSSR count). The molecule has 2 nitrogen and oxygen atoms in total. The highest BCUT2D eigenvalue weighted by molar-refractivity contribution is 6.00. The monoisotopic (exact) mass is 220 g/mol. The fourth-order valence-corrected chi connectivity index (χ4v) is 2.06. The molecular weight excluding hydrogens is 208 g/mol. The second-order valence-corrected chi connectivity index (χ2v) is 3.97. The van der Waals surface area contributed by atoms with Gasteiger partial charge in [0.15, 0.2) is 0 Å². The Morgan fingerprint density at radius 3 is 2.47 bits per heavy atom. The smallest absolute Gasteiger partial charge is 0.0937 e. The Balaban J connectivity index is 2.35. The summed E-state index contributed by atoms with van der Waals surface area (Å²) in [5.41, 5.74) is 9.89. The van der Waals surface area contributed by atoms with Gasteiger partial charge in [-0.15, -0.1) is 0 Å². The molecule has 0 atom stereocenters. The van der Waals surface area contributed by atoms with Crippen LogP contribution in [0.1, 0.15) is 0 Å². The van der Waals surface area contributed by atoms with Gasteiger partial charge >= 0.3 is 0 Å². The van der Waals surface area contributed by atoms with Crippen molar-refractivity contribution in [2.24, 2.45) is 0 Å². The van der Waals surface area contributed by atoms with Gasteiger partial charge in [0.1, 0.15) is 0 Å². The third kappa shape index (κ3) is 1.64. The van der Waals surface area contributed by atoms with Gasteiger partial charge in [-0.2, -0.15) is 0 Å². The van der Waals surface area contributed by atoms with Crippen LogP contribution in [0.15, 0.2) is 60.8 Å². The normalized spacial score (nSPS) is 10.6. The van der Waals surface area contributed by atoms with Crippen LogP contribution in [0, 0.1) is 0 Å². The van der Waals surface area contributed by atoms with Crippen molar-refractivity contribution < 1.29 is 0 Å². The van der Waals surface area contributed by atoms with Gasteiger partial charge in [0.05, 0.1) is 11.2 Å². The molecule has 0 spiro atoms. The average molecular weight is 220 g/mol. The number of fused-ring (bicyclic) bond motifs is 1. The third-order valence-corrected chi connectivity index (χ3v) is 2.89. The van der Waals surface area contributed by atoms with Gasteiger partial charge < -0.3 is 5.73 Å². The highest BCUT2D eigenvalue weighted by Crippen LogP contribution is 2.30. The summed E-state index contributed by atoms with van der Waals surface area (Å²) in [4.78, 5) is 4.34. The van der Waals surface area contributed by atoms with E-state index in [9.17, 15) is 0 Å². The molecule has 17 heavy (non-hydrogen) atoms. The number of nitrogens with zero attached hydrogens (tertiary/aromatic N) is 1. The van der Waals surface area contributed by atoms with Crippen molar-refractivity contribution in [1.82, 2.24) is 4.98 Å². The van der Waals surface area contributed by atoms with E-state index in [4.69, 9.17) is 5.73 Å². The lowest BCUT2D eigenvalue weighted by Crippen LogP contribution is -1.91. The van der Waals surface area contributed by atoms with Crippen molar-refractivity contribution in [2.75, 3.05) is 5.73 Å². The SMILES string of the molecule is Nc1ccc(-c2ccccc2)c2cccnc12. The molecule has 0 saturated heterocycles. The van der Waals surface area contributed by atoms with E-state index in [-0.39, 0.29) is 0 Å². The van der Waals surface area contributed by atoms with Crippen molar-refractivity contribution in [3.05, 3.63) is 60.8 Å². The Morgan fingerprint density at radius 2 is 1.65 bits per heavy atom. The Morgan fingerprint density at radius 1 is 0.824 bits per heavy atom. The molecule has 1 heterocycles. The van der Waals surface area contributed by atoms with Crippen molar-refractivity contribution >= 4 is 16.6 Å². The number of benzene rings is 2. The zero-order chi connectivity index (χ0) is 11.7. The van der Waals surface area contributed by atoms with Gasteiger partial charge in [-0.3, -0.25) is 4.98 Å². The minimum atomic E-state index is 0.722. The maximum atomic E-state index is 5.94. The molecule has 2 aromatic carbocycles. The zero-order valence-corrected chi connectivity index (χ0v) is 9.30. The Bertz CT molecular complexity index is 660. The van der Waals surface area contributed by atoms with Crippen LogP contribution in [-0.4, -0.2) is 4.98 Å². The maximum absolute atomic E-state index is 5.94. The second-order valence-electron chi connectivity index (χ2n) is 3.97. The van der Waals surface area contributed by atoms with E-state index in [0.29, 0.717) is 0 Å². The number of aromatic nitrogens is 1. The first-order chi connectivity index (χ1) is 8.36. The fraction of sp³-hybridized carbons (Fsp3) is 0. The van der Waals surface area contributed by atoms with Crippen molar-refractivity contribution in [1.29, 1.82) is 0 Å². The van der Waals surface area contributed by atoms with Crippen LogP contribution in [0.3, 0.4) is 0 Å². The lowest BCUT2D eigenvalue weighted by molar-refractivity contribution is 1.41. The Kier molecular flexibility index (Phi) is 2.26. The molecule has 3 aromatic rings. The van der Waals surface area contributed by atoms with Crippen molar-refractivity contribution in [3.63, 3.8) is 0 Å². The number of nitrogen functional groups attached to an aromatic ring is 1. The third-order valence-electron chi connectivity index (χ3n) is 2.89. The molecule has 0 saturated carbocycles. The minimum Gasteiger partial charge on any atom is -0.397 e. The highest BCUT2D eigenvalue weighted by Gasteiger charge is 2.05. The Labute approximate surface area is 99.7 Å². The van der Waals surface area contributed by atoms with Crippen molar-refractivity contribution in [3.8, 4) is 11.1 Å². The summed E-state index contributed by atoms with van der Waals surface area (Å²) in [6.07, 6.45) is 1.77. The van der Waals surface area contributed by atoms with E-state index >= 15 is 0 Å². The van der Waals surface area contributed by atoms with Crippen LogP contribution < -0.4 is 5.73 Å². The van der Waals surface area contributed by atoms with E-state index in [2.05, 4.69) is 29.2 Å². The lowest BCUT2D eigenvalue weighted by Gasteiger charge is -2.07. The number of anilines is 1. The van der Waals surface area contributed by atoms with Gasteiger partial charge in [0, 0.05) is 11.6 Å². The summed E-state index contributed by atoms with van der Waals surface area (Å²) in [7, 11) is 0. The summed E-state index contributed by atoms with van der Waals surface area (Å²) in [6.45, 7) is 0. The van der Waals surface area contributed by atoms with Gasteiger partial charge in [-0.1, -0.05) is 42.5 Å². The average Bonchev–Trinajstić information content (AvgIpc) is 2.41. The van der Waals surface area contributed by atoms with Crippen molar-refractivity contribution in [2.45, 2.75) is 0 Å². The summed E-state index contributed by atoms with van der Waals surface area (Å²) >= 11 is 0. The fourth-order valence-electron chi connectivity index (χ4n) is 2.06. The molecule has 0 bridgehead atoms. The van der Waals surface area contributed by atoms with E-state index in [1.807, 2.05) is 30.3 Å². The van der Waals surface area contributed by atoms with Gasteiger partial charge in [0.2, 0.25) is 0 Å². The van der Waals surface area contributed by atoms with Crippen LogP contribution in [-0.2, 0) is 0 Å². The summed E-state index contributed by atoms with van der Waals surface area (Å²) in [5.74, 6) is 0. The summed E-state index contributed by atoms with van der Waals surface area (Å²) in [6, 6.07) is 18.2. The molecule has 0 radical (unpaired) electrons. The molecule has 1 aromatic heterocycles. The van der Waals surface area contributed by atoms with E-state index in [1.54, 1.807) is 6.20 Å². The number of rotatable bonds is 1. The molecular formula is C15H12N2. The largest absolute Gasteiger partial charge is 0.397 e. The van der Waals surface area contributed by atoms with E-state index < -0.39 is 0 Å². The van der Waals surface area contributed by atoms with E-state index in [0.717, 1.165) is 16.6 Å². The maximum Gasteiger partial charge on any atom is 0.0937 e. The molecule has 82 valence electrons. The molecule has 0 aliphatic carbocycles. The predicted octanol–water partition coefficient (Wildman–Crippen LogP) is 3.48. The summed E-state index contributed by atoms with van der Waals surface area (Å²) in [5, 5.41) is 1.10. The first kappa shape index (κ1) is 9.85. The van der Waals surface area contributed by atoms with Gasteiger partial charge in [-0.05, 0) is 23.3 Å².